The number of carbonyl (C=O) groups is 1. The molecule has 0 aliphatic carbocycles. The van der Waals surface area contributed by atoms with E-state index < -0.39 is 0 Å². The predicted molar refractivity (Wildman–Crippen MR) is 77.2 cm³/mol. The van der Waals surface area contributed by atoms with Crippen molar-refractivity contribution in [1.82, 2.24) is 9.80 Å². The zero-order chi connectivity index (χ0) is 14.5. The van der Waals surface area contributed by atoms with Crippen molar-refractivity contribution in [3.63, 3.8) is 0 Å². The van der Waals surface area contributed by atoms with E-state index in [1.54, 1.807) is 36.3 Å². The molecule has 0 spiro atoms. The van der Waals surface area contributed by atoms with Gasteiger partial charge in [0.05, 0.1) is 19.8 Å². The summed E-state index contributed by atoms with van der Waals surface area (Å²) in [5.74, 6) is 0.755. The number of nitrogens with zero attached hydrogens (tertiary/aromatic N) is 2. The van der Waals surface area contributed by atoms with E-state index in [2.05, 4.69) is 11.9 Å². The zero-order valence-corrected chi connectivity index (χ0v) is 12.3. The van der Waals surface area contributed by atoms with E-state index in [0.29, 0.717) is 12.1 Å². The van der Waals surface area contributed by atoms with Crippen LogP contribution in [0.15, 0.2) is 24.3 Å². The molecule has 1 aliphatic heterocycles. The molecule has 1 heterocycles. The van der Waals surface area contributed by atoms with Crippen LogP contribution >= 0.6 is 0 Å². The molecule has 1 atom stereocenters. The zero-order valence-electron chi connectivity index (χ0n) is 12.3. The van der Waals surface area contributed by atoms with Gasteiger partial charge in [0, 0.05) is 32.2 Å². The molecule has 1 saturated heterocycles. The van der Waals surface area contributed by atoms with Gasteiger partial charge in [-0.25, -0.2) is 0 Å². The Morgan fingerprint density at radius 3 is 2.75 bits per heavy atom. The highest BCUT2D eigenvalue weighted by atomic mass is 16.5. The fourth-order valence-corrected chi connectivity index (χ4v) is 2.32. The smallest absolute Gasteiger partial charge is 0.253 e. The van der Waals surface area contributed by atoms with Gasteiger partial charge in [-0.2, -0.15) is 0 Å². The SMILES string of the molecule is COc1ccc(C(=O)N(C)CC2CN(C)CCO2)cc1. The minimum atomic E-state index is 0.00415. The average molecular weight is 278 g/mol. The maximum atomic E-state index is 12.3. The third-order valence-electron chi connectivity index (χ3n) is 3.50. The number of amides is 1. The van der Waals surface area contributed by atoms with Crippen LogP contribution in [0.1, 0.15) is 10.4 Å². The lowest BCUT2D eigenvalue weighted by Gasteiger charge is -2.32. The number of hydrogen-bond donors (Lipinski definition) is 0. The minimum absolute atomic E-state index is 0.00415. The predicted octanol–water partition coefficient (Wildman–Crippen LogP) is 1.10. The van der Waals surface area contributed by atoms with E-state index in [1.807, 2.05) is 7.05 Å². The summed E-state index contributed by atoms with van der Waals surface area (Å²) in [6.07, 6.45) is 0.0842. The highest BCUT2D eigenvalue weighted by Crippen LogP contribution is 2.13. The van der Waals surface area contributed by atoms with Crippen molar-refractivity contribution in [1.29, 1.82) is 0 Å². The molecule has 1 unspecified atom stereocenters. The summed E-state index contributed by atoms with van der Waals surface area (Å²) in [6, 6.07) is 7.16. The Labute approximate surface area is 120 Å². The van der Waals surface area contributed by atoms with Gasteiger partial charge in [-0.15, -0.1) is 0 Å². The normalized spacial score (nSPS) is 19.6. The first-order valence-corrected chi connectivity index (χ1v) is 6.80. The van der Waals surface area contributed by atoms with E-state index in [4.69, 9.17) is 9.47 Å². The van der Waals surface area contributed by atoms with Crippen LogP contribution in [0.25, 0.3) is 0 Å². The number of methoxy groups -OCH3 is 1. The van der Waals surface area contributed by atoms with Crippen molar-refractivity contribution in [3.8, 4) is 5.75 Å². The van der Waals surface area contributed by atoms with Gasteiger partial charge in [0.25, 0.3) is 5.91 Å². The standard InChI is InChI=1S/C15H22N2O3/c1-16-8-9-20-14(10-16)11-17(2)15(18)12-4-6-13(19-3)7-5-12/h4-7,14H,8-11H2,1-3H3. The fourth-order valence-electron chi connectivity index (χ4n) is 2.32. The highest BCUT2D eigenvalue weighted by molar-refractivity contribution is 5.94. The molecule has 5 nitrogen and oxygen atoms in total. The highest BCUT2D eigenvalue weighted by Gasteiger charge is 2.21. The van der Waals surface area contributed by atoms with E-state index in [9.17, 15) is 4.79 Å². The molecule has 0 N–H and O–H groups in total. The van der Waals surface area contributed by atoms with Gasteiger partial charge in [0.15, 0.2) is 0 Å². The molecule has 1 amide bonds. The number of likely N-dealkylation sites (N-methyl/N-ethyl adjacent to an activating group) is 2. The summed E-state index contributed by atoms with van der Waals surface area (Å²) in [7, 11) is 5.49. The molecular weight excluding hydrogens is 256 g/mol. The second kappa shape index (κ2) is 6.72. The minimum Gasteiger partial charge on any atom is -0.497 e. The van der Waals surface area contributed by atoms with Gasteiger partial charge in [-0.3, -0.25) is 4.79 Å². The first-order valence-electron chi connectivity index (χ1n) is 6.80. The summed E-state index contributed by atoms with van der Waals surface area (Å²) < 4.78 is 10.8. The Morgan fingerprint density at radius 1 is 1.45 bits per heavy atom. The Morgan fingerprint density at radius 2 is 2.15 bits per heavy atom. The van der Waals surface area contributed by atoms with Crippen molar-refractivity contribution in [2.75, 3.05) is 47.4 Å². The number of carbonyl (C=O) groups excluding carboxylic acids is 1. The molecule has 0 bridgehead atoms. The van der Waals surface area contributed by atoms with Crippen molar-refractivity contribution >= 4 is 5.91 Å². The van der Waals surface area contributed by atoms with Crippen LogP contribution in [0.3, 0.4) is 0 Å². The molecule has 0 saturated carbocycles. The molecule has 1 aliphatic rings. The van der Waals surface area contributed by atoms with Crippen molar-refractivity contribution in [2.45, 2.75) is 6.10 Å². The van der Waals surface area contributed by atoms with Crippen LogP contribution in [0, 0.1) is 0 Å². The fraction of sp³-hybridized carbons (Fsp3) is 0.533. The Kier molecular flexibility index (Phi) is 4.98. The second-order valence-electron chi connectivity index (χ2n) is 5.17. The number of ether oxygens (including phenoxy) is 2. The van der Waals surface area contributed by atoms with E-state index in [-0.39, 0.29) is 12.0 Å². The number of hydrogen-bond acceptors (Lipinski definition) is 4. The van der Waals surface area contributed by atoms with Crippen LogP contribution in [0.5, 0.6) is 5.75 Å². The van der Waals surface area contributed by atoms with Crippen LogP contribution in [0.2, 0.25) is 0 Å². The van der Waals surface area contributed by atoms with E-state index in [1.165, 1.54) is 0 Å². The molecule has 5 heteroatoms. The van der Waals surface area contributed by atoms with Gasteiger partial charge in [0.1, 0.15) is 5.75 Å². The van der Waals surface area contributed by atoms with Crippen molar-refractivity contribution in [2.24, 2.45) is 0 Å². The van der Waals surface area contributed by atoms with Gasteiger partial charge in [0.2, 0.25) is 0 Å². The first kappa shape index (κ1) is 14.8. The molecule has 0 radical (unpaired) electrons. The lowest BCUT2D eigenvalue weighted by atomic mass is 10.2. The summed E-state index contributed by atoms with van der Waals surface area (Å²) in [6.45, 7) is 3.15. The van der Waals surface area contributed by atoms with Crippen molar-refractivity contribution < 1.29 is 14.3 Å². The molecule has 1 fully saturated rings. The summed E-state index contributed by atoms with van der Waals surface area (Å²) in [5, 5.41) is 0. The second-order valence-corrected chi connectivity index (χ2v) is 5.17. The summed E-state index contributed by atoms with van der Waals surface area (Å²) in [4.78, 5) is 16.3. The Balaban J connectivity index is 1.93. The first-order chi connectivity index (χ1) is 9.60. The lowest BCUT2D eigenvalue weighted by molar-refractivity contribution is -0.0301. The van der Waals surface area contributed by atoms with Gasteiger partial charge in [-0.05, 0) is 31.3 Å². The van der Waals surface area contributed by atoms with Crippen LogP contribution in [0.4, 0.5) is 0 Å². The van der Waals surface area contributed by atoms with Crippen LogP contribution in [-0.2, 0) is 4.74 Å². The molecule has 0 aromatic heterocycles. The molecule has 2 rings (SSSR count). The Bertz CT molecular complexity index is 447. The topological polar surface area (TPSA) is 42.0 Å². The van der Waals surface area contributed by atoms with Crippen molar-refractivity contribution in [3.05, 3.63) is 29.8 Å². The number of morpholine rings is 1. The Hall–Kier alpha value is -1.59. The lowest BCUT2D eigenvalue weighted by Crippen LogP contribution is -2.46. The van der Waals surface area contributed by atoms with Gasteiger partial charge in [-0.1, -0.05) is 0 Å². The number of rotatable bonds is 4. The van der Waals surface area contributed by atoms with Crippen LogP contribution in [-0.4, -0.2) is 69.3 Å². The summed E-state index contributed by atoms with van der Waals surface area (Å²) >= 11 is 0. The quantitative estimate of drug-likeness (QED) is 0.827. The largest absolute Gasteiger partial charge is 0.497 e. The van der Waals surface area contributed by atoms with E-state index in [0.717, 1.165) is 25.4 Å². The molecular formula is C15H22N2O3. The molecule has 1 aromatic carbocycles. The maximum absolute atomic E-state index is 12.3. The summed E-state index contributed by atoms with van der Waals surface area (Å²) in [5.41, 5.74) is 0.664. The maximum Gasteiger partial charge on any atom is 0.253 e. The molecule has 1 aromatic rings. The van der Waals surface area contributed by atoms with Crippen LogP contribution < -0.4 is 4.74 Å². The van der Waals surface area contributed by atoms with E-state index >= 15 is 0 Å². The third kappa shape index (κ3) is 3.71. The molecule has 110 valence electrons. The molecule has 20 heavy (non-hydrogen) atoms. The average Bonchev–Trinajstić information content (AvgIpc) is 2.46. The van der Waals surface area contributed by atoms with Gasteiger partial charge >= 0.3 is 0 Å². The number of benzene rings is 1. The third-order valence-corrected chi connectivity index (χ3v) is 3.50. The van der Waals surface area contributed by atoms with Gasteiger partial charge < -0.3 is 19.3 Å². The monoisotopic (exact) mass is 278 g/mol.